The number of aromatic nitrogens is 4. The minimum atomic E-state index is 0.223. The molecule has 0 spiro atoms. The third-order valence-electron chi connectivity index (χ3n) is 5.02. The number of hydrogen-bond donors (Lipinski definition) is 0. The molecule has 148 valence electrons. The summed E-state index contributed by atoms with van der Waals surface area (Å²) in [5.41, 5.74) is 5.14. The summed E-state index contributed by atoms with van der Waals surface area (Å²) >= 11 is 0. The van der Waals surface area contributed by atoms with Gasteiger partial charge in [0.1, 0.15) is 17.8 Å². The molecule has 30 heavy (non-hydrogen) atoms. The molecule has 6 heteroatoms. The van der Waals surface area contributed by atoms with E-state index < -0.39 is 0 Å². The second-order valence-electron chi connectivity index (χ2n) is 7.02. The second kappa shape index (κ2) is 8.02. The molecule has 0 aliphatic heterocycles. The maximum absolute atomic E-state index is 5.04. The van der Waals surface area contributed by atoms with Gasteiger partial charge >= 0.3 is 0 Å². The van der Waals surface area contributed by atoms with Crippen molar-refractivity contribution in [1.29, 1.82) is 0 Å². The van der Waals surface area contributed by atoms with Gasteiger partial charge in [0.2, 0.25) is 0 Å². The largest absolute Gasteiger partial charge is 0.243 e. The lowest BCUT2D eigenvalue weighted by molar-refractivity contribution is -0.282. The van der Waals surface area contributed by atoms with Gasteiger partial charge in [-0.25, -0.2) is 24.4 Å². The fraction of sp³-hybridized carbons (Fsp3) is 0.125. The average molecular weight is 396 g/mol. The first-order chi connectivity index (χ1) is 14.8. The van der Waals surface area contributed by atoms with E-state index in [9.17, 15) is 0 Å². The van der Waals surface area contributed by atoms with Gasteiger partial charge < -0.3 is 0 Å². The molecular weight excluding hydrogens is 376 g/mol. The molecule has 0 radical (unpaired) electrons. The molecule has 0 bridgehead atoms. The van der Waals surface area contributed by atoms with E-state index in [2.05, 4.69) is 47.4 Å². The maximum Gasteiger partial charge on any atom is 0.177 e. The van der Waals surface area contributed by atoms with Crippen LogP contribution in [-0.4, -0.2) is 26.9 Å². The molecule has 0 amide bonds. The molecule has 0 aliphatic rings. The third-order valence-corrected chi connectivity index (χ3v) is 5.02. The van der Waals surface area contributed by atoms with Gasteiger partial charge in [0, 0.05) is 5.56 Å². The highest BCUT2D eigenvalue weighted by molar-refractivity contribution is 5.93. The van der Waals surface area contributed by atoms with Gasteiger partial charge in [0.15, 0.2) is 5.65 Å². The highest BCUT2D eigenvalue weighted by atomic mass is 17.2. The second-order valence-corrected chi connectivity index (χ2v) is 7.02. The summed E-state index contributed by atoms with van der Waals surface area (Å²) in [6.45, 7) is 0.841. The fourth-order valence-electron chi connectivity index (χ4n) is 3.57. The van der Waals surface area contributed by atoms with Crippen LogP contribution in [0.3, 0.4) is 0 Å². The Morgan fingerprint density at radius 1 is 0.900 bits per heavy atom. The van der Waals surface area contributed by atoms with Crippen molar-refractivity contribution >= 4 is 21.9 Å². The lowest BCUT2D eigenvalue weighted by atomic mass is 10.0. The van der Waals surface area contributed by atoms with E-state index in [1.54, 1.807) is 6.20 Å². The van der Waals surface area contributed by atoms with Crippen LogP contribution in [-0.2, 0) is 22.9 Å². The average Bonchev–Trinajstić information content (AvgIpc) is 3.15. The van der Waals surface area contributed by atoms with Crippen LogP contribution < -0.4 is 0 Å². The standard InChI is InChI=1S/C24H20N4O2/c1-29-30-16-21-14-25-24-23(26-21)22(27-28(24)15-17-7-3-2-4-8-17)20-12-11-18-9-5-6-10-19(18)13-20/h2-14H,15-16H2,1H3. The van der Waals surface area contributed by atoms with Crippen LogP contribution in [0.4, 0.5) is 0 Å². The normalized spacial score (nSPS) is 11.4. The van der Waals surface area contributed by atoms with Crippen molar-refractivity contribution in [3.63, 3.8) is 0 Å². The Kier molecular flexibility index (Phi) is 4.93. The molecule has 5 rings (SSSR count). The lowest BCUT2D eigenvalue weighted by Gasteiger charge is -2.03. The number of benzene rings is 3. The van der Waals surface area contributed by atoms with Crippen LogP contribution in [0.1, 0.15) is 11.3 Å². The Balaban J connectivity index is 1.66. The molecule has 0 N–H and O–H groups in total. The van der Waals surface area contributed by atoms with Crippen LogP contribution in [0.2, 0.25) is 0 Å². The van der Waals surface area contributed by atoms with Gasteiger partial charge in [0.05, 0.1) is 25.5 Å². The zero-order valence-electron chi connectivity index (χ0n) is 16.5. The van der Waals surface area contributed by atoms with Gasteiger partial charge in [-0.2, -0.15) is 5.10 Å². The molecule has 2 heterocycles. The SMILES string of the molecule is COOCc1cnc2c(n1)c(-c1ccc3ccccc3c1)nn2Cc1ccccc1. The minimum Gasteiger partial charge on any atom is -0.243 e. The first-order valence-corrected chi connectivity index (χ1v) is 9.73. The molecule has 2 aromatic heterocycles. The molecule has 3 aromatic carbocycles. The van der Waals surface area contributed by atoms with Gasteiger partial charge in [-0.1, -0.05) is 66.7 Å². The summed E-state index contributed by atoms with van der Waals surface area (Å²) in [4.78, 5) is 19.2. The maximum atomic E-state index is 5.04. The molecule has 0 fully saturated rings. The van der Waals surface area contributed by atoms with E-state index in [1.807, 2.05) is 35.0 Å². The van der Waals surface area contributed by atoms with Gasteiger partial charge in [-0.3, -0.25) is 0 Å². The molecule has 0 atom stereocenters. The summed E-state index contributed by atoms with van der Waals surface area (Å²) in [6.07, 6.45) is 1.70. The van der Waals surface area contributed by atoms with E-state index in [-0.39, 0.29) is 6.61 Å². The van der Waals surface area contributed by atoms with Crippen LogP contribution >= 0.6 is 0 Å². The van der Waals surface area contributed by atoms with E-state index in [1.165, 1.54) is 12.5 Å². The van der Waals surface area contributed by atoms with E-state index in [0.717, 1.165) is 33.4 Å². The Hall–Kier alpha value is -3.61. The topological polar surface area (TPSA) is 62.1 Å². The highest BCUT2D eigenvalue weighted by Gasteiger charge is 2.17. The lowest BCUT2D eigenvalue weighted by Crippen LogP contribution is -2.03. The predicted octanol–water partition coefficient (Wildman–Crippen LogP) is 4.77. The van der Waals surface area contributed by atoms with E-state index in [0.29, 0.717) is 12.2 Å². The molecule has 6 nitrogen and oxygen atoms in total. The zero-order valence-corrected chi connectivity index (χ0v) is 16.5. The third kappa shape index (κ3) is 3.54. The fourth-order valence-corrected chi connectivity index (χ4v) is 3.57. The number of rotatable bonds is 6. The smallest absolute Gasteiger partial charge is 0.177 e. The van der Waals surface area contributed by atoms with Crippen LogP contribution in [0, 0.1) is 0 Å². The van der Waals surface area contributed by atoms with Crippen molar-refractivity contribution < 1.29 is 9.78 Å². The molecular formula is C24H20N4O2. The predicted molar refractivity (Wildman–Crippen MR) is 116 cm³/mol. The number of nitrogens with zero attached hydrogens (tertiary/aromatic N) is 4. The molecule has 0 unspecified atom stereocenters. The highest BCUT2D eigenvalue weighted by Crippen LogP contribution is 2.29. The Morgan fingerprint density at radius 3 is 2.53 bits per heavy atom. The van der Waals surface area contributed by atoms with Gasteiger partial charge in [-0.15, -0.1) is 0 Å². The number of fused-ring (bicyclic) bond motifs is 2. The van der Waals surface area contributed by atoms with Gasteiger partial charge in [-0.05, 0) is 22.4 Å². The van der Waals surface area contributed by atoms with Crippen LogP contribution in [0.5, 0.6) is 0 Å². The summed E-state index contributed by atoms with van der Waals surface area (Å²) in [7, 11) is 1.48. The summed E-state index contributed by atoms with van der Waals surface area (Å²) in [5.74, 6) is 0. The van der Waals surface area contributed by atoms with Crippen molar-refractivity contribution in [3.05, 3.63) is 90.3 Å². The van der Waals surface area contributed by atoms with Crippen molar-refractivity contribution in [2.24, 2.45) is 0 Å². The summed E-state index contributed by atoms with van der Waals surface area (Å²) < 4.78 is 1.91. The number of hydrogen-bond acceptors (Lipinski definition) is 5. The molecule has 0 saturated heterocycles. The zero-order chi connectivity index (χ0) is 20.3. The summed E-state index contributed by atoms with van der Waals surface area (Å²) in [5, 5.41) is 7.25. The van der Waals surface area contributed by atoms with E-state index >= 15 is 0 Å². The van der Waals surface area contributed by atoms with Crippen molar-refractivity contribution in [2.45, 2.75) is 13.2 Å². The first-order valence-electron chi connectivity index (χ1n) is 9.73. The van der Waals surface area contributed by atoms with Crippen molar-refractivity contribution in [3.8, 4) is 11.3 Å². The molecule has 0 saturated carbocycles. The van der Waals surface area contributed by atoms with Crippen molar-refractivity contribution in [1.82, 2.24) is 19.7 Å². The Morgan fingerprint density at radius 2 is 1.70 bits per heavy atom. The molecule has 0 aliphatic carbocycles. The van der Waals surface area contributed by atoms with Crippen LogP contribution in [0.15, 0.2) is 79.0 Å². The van der Waals surface area contributed by atoms with Gasteiger partial charge in [0.25, 0.3) is 0 Å². The Bertz CT molecular complexity index is 1320. The van der Waals surface area contributed by atoms with E-state index in [4.69, 9.17) is 19.9 Å². The monoisotopic (exact) mass is 396 g/mol. The first kappa shape index (κ1) is 18.4. The minimum absolute atomic E-state index is 0.223. The summed E-state index contributed by atoms with van der Waals surface area (Å²) in [6, 6.07) is 24.8. The molecule has 5 aromatic rings. The Labute approximate surface area is 173 Å². The van der Waals surface area contributed by atoms with Crippen molar-refractivity contribution in [2.75, 3.05) is 7.11 Å². The quantitative estimate of drug-likeness (QED) is 0.306. The van der Waals surface area contributed by atoms with Crippen LogP contribution in [0.25, 0.3) is 33.2 Å².